The van der Waals surface area contributed by atoms with Crippen LogP contribution < -0.4 is 11.2 Å². The van der Waals surface area contributed by atoms with E-state index in [-0.39, 0.29) is 6.61 Å². The molecule has 12 heavy (non-hydrogen) atoms. The monoisotopic (exact) mass is 167 g/mol. The van der Waals surface area contributed by atoms with Gasteiger partial charge in [-0.1, -0.05) is 0 Å². The molecule has 0 fully saturated rings. The summed E-state index contributed by atoms with van der Waals surface area (Å²) < 4.78 is 17.6. The molecule has 62 valence electrons. The second-order valence-electron chi connectivity index (χ2n) is 2.73. The number of hydrogen-bond donors (Lipinski definition) is 2. The molecule has 0 unspecified atom stereocenters. The lowest BCUT2D eigenvalue weighted by molar-refractivity contribution is 0.276. The first-order valence-corrected chi connectivity index (χ1v) is 3.56. The molecule has 0 spiro atoms. The van der Waals surface area contributed by atoms with E-state index in [2.05, 4.69) is 0 Å². The van der Waals surface area contributed by atoms with Crippen molar-refractivity contribution < 1.29 is 14.1 Å². The first-order chi connectivity index (χ1) is 5.68. The molecule has 0 aliphatic carbocycles. The van der Waals surface area contributed by atoms with Gasteiger partial charge in [-0.3, -0.25) is 0 Å². The molecule has 1 aromatic rings. The summed E-state index contributed by atoms with van der Waals surface area (Å²) >= 11 is 0. The molecule has 0 saturated heterocycles. The molecular formula is C7H7BFNO2. The van der Waals surface area contributed by atoms with E-state index in [1.807, 2.05) is 0 Å². The van der Waals surface area contributed by atoms with Crippen LogP contribution in [0.5, 0.6) is 0 Å². The van der Waals surface area contributed by atoms with Crippen LogP contribution in [0.15, 0.2) is 12.1 Å². The van der Waals surface area contributed by atoms with Gasteiger partial charge in [0.1, 0.15) is 5.82 Å². The van der Waals surface area contributed by atoms with Crippen molar-refractivity contribution >= 4 is 18.3 Å². The Bertz CT molecular complexity index is 331. The second-order valence-corrected chi connectivity index (χ2v) is 2.73. The summed E-state index contributed by atoms with van der Waals surface area (Å²) in [6, 6.07) is 2.46. The first kappa shape index (κ1) is 7.58. The lowest BCUT2D eigenvalue weighted by Gasteiger charge is -2.01. The van der Waals surface area contributed by atoms with Gasteiger partial charge in [0, 0.05) is 5.69 Å². The first-order valence-electron chi connectivity index (χ1n) is 3.56. The highest BCUT2D eigenvalue weighted by atomic mass is 19.1. The zero-order valence-corrected chi connectivity index (χ0v) is 6.25. The Kier molecular flexibility index (Phi) is 1.56. The molecule has 0 saturated carbocycles. The molecule has 1 heterocycles. The van der Waals surface area contributed by atoms with Crippen molar-refractivity contribution in [2.45, 2.75) is 6.61 Å². The average Bonchev–Trinajstić information content (AvgIpc) is 2.33. The Morgan fingerprint density at radius 1 is 1.58 bits per heavy atom. The fourth-order valence-corrected chi connectivity index (χ4v) is 1.32. The standard InChI is InChI=1S/C7H7BFNO2/c9-4-1-6-5(7(10)2-4)3-12-8(6)11/h1-2,11H,3,10H2. The third-order valence-corrected chi connectivity index (χ3v) is 1.94. The van der Waals surface area contributed by atoms with Gasteiger partial charge in [-0.25, -0.2) is 4.39 Å². The Morgan fingerprint density at radius 2 is 2.33 bits per heavy atom. The van der Waals surface area contributed by atoms with Crippen LogP contribution >= 0.6 is 0 Å². The van der Waals surface area contributed by atoms with Gasteiger partial charge in [0.25, 0.3) is 0 Å². The van der Waals surface area contributed by atoms with Crippen LogP contribution in [0.4, 0.5) is 10.1 Å². The summed E-state index contributed by atoms with van der Waals surface area (Å²) in [4.78, 5) is 0. The van der Waals surface area contributed by atoms with Crippen LogP contribution in [0.2, 0.25) is 0 Å². The van der Waals surface area contributed by atoms with Crippen LogP contribution in [0.25, 0.3) is 0 Å². The van der Waals surface area contributed by atoms with Gasteiger partial charge in [0.2, 0.25) is 0 Å². The highest BCUT2D eigenvalue weighted by Crippen LogP contribution is 2.17. The molecule has 0 atom stereocenters. The Morgan fingerprint density at radius 3 is 3.08 bits per heavy atom. The zero-order valence-electron chi connectivity index (χ0n) is 6.25. The van der Waals surface area contributed by atoms with Gasteiger partial charge in [-0.2, -0.15) is 0 Å². The van der Waals surface area contributed by atoms with Crippen molar-refractivity contribution in [2.24, 2.45) is 0 Å². The van der Waals surface area contributed by atoms with Crippen LogP contribution in [0, 0.1) is 5.82 Å². The van der Waals surface area contributed by atoms with E-state index in [1.54, 1.807) is 0 Å². The smallest absolute Gasteiger partial charge is 0.423 e. The Labute approximate surface area is 69.1 Å². The van der Waals surface area contributed by atoms with Crippen molar-refractivity contribution in [3.8, 4) is 0 Å². The fourth-order valence-electron chi connectivity index (χ4n) is 1.32. The minimum absolute atomic E-state index is 0.253. The van der Waals surface area contributed by atoms with E-state index >= 15 is 0 Å². The van der Waals surface area contributed by atoms with Crippen LogP contribution in [-0.2, 0) is 11.3 Å². The van der Waals surface area contributed by atoms with E-state index in [1.165, 1.54) is 12.1 Å². The molecule has 3 nitrogen and oxygen atoms in total. The number of benzene rings is 1. The van der Waals surface area contributed by atoms with E-state index in [0.717, 1.165) is 0 Å². The SMILES string of the molecule is Nc1cc(F)cc2c1COB2O. The number of hydrogen-bond acceptors (Lipinski definition) is 3. The third-order valence-electron chi connectivity index (χ3n) is 1.94. The fraction of sp³-hybridized carbons (Fsp3) is 0.143. The Balaban J connectivity index is 2.60. The van der Waals surface area contributed by atoms with Gasteiger partial charge in [0.15, 0.2) is 0 Å². The highest BCUT2D eigenvalue weighted by Gasteiger charge is 2.29. The van der Waals surface area contributed by atoms with Gasteiger partial charge in [-0.05, 0) is 23.2 Å². The number of fused-ring (bicyclic) bond motifs is 1. The molecule has 0 bridgehead atoms. The van der Waals surface area contributed by atoms with Crippen LogP contribution in [0.3, 0.4) is 0 Å². The maximum Gasteiger partial charge on any atom is 0.491 e. The van der Waals surface area contributed by atoms with Crippen molar-refractivity contribution in [1.82, 2.24) is 0 Å². The quantitative estimate of drug-likeness (QED) is 0.409. The zero-order chi connectivity index (χ0) is 8.72. The average molecular weight is 167 g/mol. The number of nitrogens with two attached hydrogens (primary N) is 1. The Hall–Kier alpha value is -1.07. The van der Waals surface area contributed by atoms with E-state index in [4.69, 9.17) is 10.4 Å². The lowest BCUT2D eigenvalue weighted by Crippen LogP contribution is -2.28. The minimum Gasteiger partial charge on any atom is -0.423 e. The van der Waals surface area contributed by atoms with Crippen molar-refractivity contribution in [3.63, 3.8) is 0 Å². The minimum atomic E-state index is -1.03. The van der Waals surface area contributed by atoms with Crippen molar-refractivity contribution in [2.75, 3.05) is 5.73 Å². The molecule has 0 radical (unpaired) electrons. The number of rotatable bonds is 0. The summed E-state index contributed by atoms with van der Waals surface area (Å²) in [5, 5.41) is 9.19. The van der Waals surface area contributed by atoms with Gasteiger partial charge in [-0.15, -0.1) is 0 Å². The number of anilines is 1. The van der Waals surface area contributed by atoms with Crippen LogP contribution in [0.1, 0.15) is 5.56 Å². The number of nitrogen functional groups attached to an aromatic ring is 1. The predicted octanol–water partition coefficient (Wildman–Crippen LogP) is -0.374. The maximum atomic E-state index is 12.7. The number of halogens is 1. The van der Waals surface area contributed by atoms with Gasteiger partial charge >= 0.3 is 7.12 Å². The van der Waals surface area contributed by atoms with E-state index < -0.39 is 12.9 Å². The van der Waals surface area contributed by atoms with Crippen LogP contribution in [-0.4, -0.2) is 12.1 Å². The largest absolute Gasteiger partial charge is 0.491 e. The molecule has 5 heteroatoms. The molecular weight excluding hydrogens is 160 g/mol. The van der Waals surface area contributed by atoms with Gasteiger partial charge < -0.3 is 15.4 Å². The summed E-state index contributed by atoms with van der Waals surface area (Å²) in [6.07, 6.45) is 0. The van der Waals surface area contributed by atoms with Gasteiger partial charge in [0.05, 0.1) is 6.61 Å². The molecule has 1 aliphatic rings. The maximum absolute atomic E-state index is 12.7. The highest BCUT2D eigenvalue weighted by molar-refractivity contribution is 6.61. The summed E-state index contributed by atoms with van der Waals surface area (Å²) in [7, 11) is -1.03. The topological polar surface area (TPSA) is 55.5 Å². The molecule has 1 aromatic carbocycles. The van der Waals surface area contributed by atoms with E-state index in [9.17, 15) is 9.41 Å². The molecule has 1 aliphatic heterocycles. The molecule has 2 rings (SSSR count). The predicted molar refractivity (Wildman–Crippen MR) is 43.2 cm³/mol. The summed E-state index contributed by atoms with van der Waals surface area (Å²) in [5.41, 5.74) is 6.96. The van der Waals surface area contributed by atoms with Crippen molar-refractivity contribution in [3.05, 3.63) is 23.5 Å². The lowest BCUT2D eigenvalue weighted by atomic mass is 9.79. The normalized spacial score (nSPS) is 15.0. The summed E-state index contributed by atoms with van der Waals surface area (Å²) in [5.74, 6) is -0.448. The second kappa shape index (κ2) is 2.47. The molecule has 0 amide bonds. The van der Waals surface area contributed by atoms with E-state index in [0.29, 0.717) is 16.7 Å². The molecule has 3 N–H and O–H groups in total. The summed E-state index contributed by atoms with van der Waals surface area (Å²) in [6.45, 7) is 0.253. The molecule has 0 aromatic heterocycles. The third kappa shape index (κ3) is 0.982. The van der Waals surface area contributed by atoms with Crippen molar-refractivity contribution in [1.29, 1.82) is 0 Å².